The number of nitrogens with one attached hydrogen (secondary N) is 1. The van der Waals surface area contributed by atoms with E-state index in [1.807, 2.05) is 6.92 Å². The second-order valence-corrected chi connectivity index (χ2v) is 3.85. The van der Waals surface area contributed by atoms with Crippen molar-refractivity contribution in [2.75, 3.05) is 6.54 Å². The van der Waals surface area contributed by atoms with Crippen LogP contribution in [0.1, 0.15) is 40.5 Å². The minimum atomic E-state index is -0.179. The molecule has 12 heavy (non-hydrogen) atoms. The summed E-state index contributed by atoms with van der Waals surface area (Å²) in [5.74, 6) is 0.684. The first-order valence-corrected chi connectivity index (χ1v) is 4.99. The van der Waals surface area contributed by atoms with Crippen LogP contribution in [0.4, 0.5) is 0 Å². The molecule has 0 radical (unpaired) electrons. The Morgan fingerprint density at radius 1 is 1.25 bits per heavy atom. The molecule has 0 saturated heterocycles. The molecule has 0 aliphatic heterocycles. The minimum Gasteiger partial charge on any atom is -0.393 e. The molecular formula is C10H23NO. The van der Waals surface area contributed by atoms with Crippen molar-refractivity contribution in [3.63, 3.8) is 0 Å². The van der Waals surface area contributed by atoms with Gasteiger partial charge in [-0.3, -0.25) is 0 Å². The summed E-state index contributed by atoms with van der Waals surface area (Å²) < 4.78 is 0. The van der Waals surface area contributed by atoms with Crippen molar-refractivity contribution in [2.45, 2.75) is 52.7 Å². The average molecular weight is 173 g/mol. The van der Waals surface area contributed by atoms with Crippen LogP contribution in [0.15, 0.2) is 0 Å². The highest BCUT2D eigenvalue weighted by molar-refractivity contribution is 4.68. The van der Waals surface area contributed by atoms with E-state index < -0.39 is 0 Å². The van der Waals surface area contributed by atoms with E-state index in [2.05, 4.69) is 26.1 Å². The van der Waals surface area contributed by atoms with Crippen LogP contribution in [-0.4, -0.2) is 23.8 Å². The van der Waals surface area contributed by atoms with Gasteiger partial charge < -0.3 is 10.4 Å². The highest BCUT2D eigenvalue weighted by Gasteiger charge is 2.09. The predicted octanol–water partition coefficient (Wildman–Crippen LogP) is 1.78. The van der Waals surface area contributed by atoms with Gasteiger partial charge in [-0.25, -0.2) is 0 Å². The van der Waals surface area contributed by atoms with E-state index in [0.717, 1.165) is 19.4 Å². The smallest absolute Gasteiger partial charge is 0.0524 e. The van der Waals surface area contributed by atoms with E-state index in [-0.39, 0.29) is 6.10 Å². The first-order valence-electron chi connectivity index (χ1n) is 4.99. The van der Waals surface area contributed by atoms with Crippen LogP contribution < -0.4 is 5.32 Å². The molecule has 0 amide bonds. The Bertz CT molecular complexity index is 102. The second kappa shape index (κ2) is 6.44. The van der Waals surface area contributed by atoms with Gasteiger partial charge in [0.2, 0.25) is 0 Å². The topological polar surface area (TPSA) is 32.3 Å². The molecule has 0 aromatic rings. The zero-order valence-corrected chi connectivity index (χ0v) is 8.80. The molecule has 0 aromatic carbocycles. The number of hydrogen-bond donors (Lipinski definition) is 2. The van der Waals surface area contributed by atoms with Gasteiger partial charge in [0.25, 0.3) is 0 Å². The fourth-order valence-corrected chi connectivity index (χ4v) is 1.33. The first kappa shape index (κ1) is 11.9. The summed E-state index contributed by atoms with van der Waals surface area (Å²) in [6, 6.07) is 0.601. The summed E-state index contributed by atoms with van der Waals surface area (Å²) in [6.45, 7) is 9.40. The Morgan fingerprint density at radius 3 is 2.17 bits per heavy atom. The van der Waals surface area contributed by atoms with Crippen molar-refractivity contribution in [1.82, 2.24) is 5.32 Å². The zero-order chi connectivity index (χ0) is 9.56. The van der Waals surface area contributed by atoms with Crippen LogP contribution in [0.3, 0.4) is 0 Å². The minimum absolute atomic E-state index is 0.179. The van der Waals surface area contributed by atoms with Gasteiger partial charge in [0.15, 0.2) is 0 Å². The van der Waals surface area contributed by atoms with Crippen LogP contribution in [-0.2, 0) is 0 Å². The van der Waals surface area contributed by atoms with E-state index in [1.165, 1.54) is 0 Å². The van der Waals surface area contributed by atoms with E-state index >= 15 is 0 Å². The lowest BCUT2D eigenvalue weighted by Crippen LogP contribution is -2.34. The highest BCUT2D eigenvalue weighted by Crippen LogP contribution is 2.05. The molecule has 0 aliphatic carbocycles. The SMILES string of the molecule is CC[C@H](NCC[C@@H](C)O)C(C)C. The summed E-state index contributed by atoms with van der Waals surface area (Å²) in [5.41, 5.74) is 0. The normalized spacial score (nSPS) is 16.5. The first-order chi connectivity index (χ1) is 5.57. The van der Waals surface area contributed by atoms with E-state index in [9.17, 15) is 0 Å². The van der Waals surface area contributed by atoms with Gasteiger partial charge >= 0.3 is 0 Å². The highest BCUT2D eigenvalue weighted by atomic mass is 16.3. The quantitative estimate of drug-likeness (QED) is 0.641. The molecule has 0 rings (SSSR count). The maximum absolute atomic E-state index is 9.04. The molecule has 2 atom stereocenters. The lowest BCUT2D eigenvalue weighted by atomic mass is 10.0. The van der Waals surface area contributed by atoms with Gasteiger partial charge in [0, 0.05) is 6.04 Å². The molecule has 0 aromatic heterocycles. The van der Waals surface area contributed by atoms with Gasteiger partial charge in [-0.05, 0) is 32.2 Å². The third kappa shape index (κ3) is 5.56. The Morgan fingerprint density at radius 2 is 1.83 bits per heavy atom. The summed E-state index contributed by atoms with van der Waals surface area (Å²) in [6.07, 6.45) is 1.84. The molecule has 0 bridgehead atoms. The Kier molecular flexibility index (Phi) is 6.39. The third-order valence-electron chi connectivity index (χ3n) is 2.21. The van der Waals surface area contributed by atoms with Crippen molar-refractivity contribution in [3.8, 4) is 0 Å². The van der Waals surface area contributed by atoms with E-state index in [4.69, 9.17) is 5.11 Å². The monoisotopic (exact) mass is 173 g/mol. The van der Waals surface area contributed by atoms with Crippen molar-refractivity contribution in [2.24, 2.45) is 5.92 Å². The van der Waals surface area contributed by atoms with Crippen LogP contribution in [0.25, 0.3) is 0 Å². The molecule has 2 N–H and O–H groups in total. The standard InChI is InChI=1S/C10H23NO/c1-5-10(8(2)3)11-7-6-9(4)12/h8-12H,5-7H2,1-4H3/t9-,10+/m1/s1. The number of rotatable bonds is 6. The van der Waals surface area contributed by atoms with Crippen LogP contribution in [0.2, 0.25) is 0 Å². The van der Waals surface area contributed by atoms with Crippen LogP contribution in [0.5, 0.6) is 0 Å². The number of aliphatic hydroxyl groups is 1. The van der Waals surface area contributed by atoms with Gasteiger partial charge in [-0.1, -0.05) is 20.8 Å². The van der Waals surface area contributed by atoms with Gasteiger partial charge in [-0.15, -0.1) is 0 Å². The number of aliphatic hydroxyl groups excluding tert-OH is 1. The molecule has 0 spiro atoms. The second-order valence-electron chi connectivity index (χ2n) is 3.85. The lowest BCUT2D eigenvalue weighted by Gasteiger charge is -2.20. The zero-order valence-electron chi connectivity index (χ0n) is 8.80. The summed E-state index contributed by atoms with van der Waals surface area (Å²) in [4.78, 5) is 0. The summed E-state index contributed by atoms with van der Waals surface area (Å²) in [7, 11) is 0. The maximum atomic E-state index is 9.04. The fraction of sp³-hybridized carbons (Fsp3) is 1.00. The Hall–Kier alpha value is -0.0800. The lowest BCUT2D eigenvalue weighted by molar-refractivity contribution is 0.180. The van der Waals surface area contributed by atoms with Gasteiger partial charge in [-0.2, -0.15) is 0 Å². The molecule has 2 heteroatoms. The summed E-state index contributed by atoms with van der Waals surface area (Å²) >= 11 is 0. The van der Waals surface area contributed by atoms with Crippen molar-refractivity contribution < 1.29 is 5.11 Å². The third-order valence-corrected chi connectivity index (χ3v) is 2.21. The Labute approximate surface area is 76.4 Å². The molecule has 0 aliphatic rings. The largest absolute Gasteiger partial charge is 0.393 e. The summed E-state index contributed by atoms with van der Waals surface area (Å²) in [5, 5.41) is 12.5. The van der Waals surface area contributed by atoms with Crippen LogP contribution >= 0.6 is 0 Å². The average Bonchev–Trinajstić information content (AvgIpc) is 1.96. The predicted molar refractivity (Wildman–Crippen MR) is 53.2 cm³/mol. The maximum Gasteiger partial charge on any atom is 0.0524 e. The molecule has 0 saturated carbocycles. The molecular weight excluding hydrogens is 150 g/mol. The molecule has 74 valence electrons. The Balaban J connectivity index is 3.45. The van der Waals surface area contributed by atoms with Gasteiger partial charge in [0.1, 0.15) is 0 Å². The van der Waals surface area contributed by atoms with E-state index in [0.29, 0.717) is 12.0 Å². The molecule has 0 fully saturated rings. The molecule has 0 unspecified atom stereocenters. The van der Waals surface area contributed by atoms with Crippen LogP contribution in [0, 0.1) is 5.92 Å². The molecule has 2 nitrogen and oxygen atoms in total. The number of hydrogen-bond acceptors (Lipinski definition) is 2. The van der Waals surface area contributed by atoms with Gasteiger partial charge in [0.05, 0.1) is 6.10 Å². The van der Waals surface area contributed by atoms with Crippen molar-refractivity contribution in [1.29, 1.82) is 0 Å². The molecule has 0 heterocycles. The van der Waals surface area contributed by atoms with Crippen molar-refractivity contribution in [3.05, 3.63) is 0 Å². The fourth-order valence-electron chi connectivity index (χ4n) is 1.33. The van der Waals surface area contributed by atoms with Crippen molar-refractivity contribution >= 4 is 0 Å². The van der Waals surface area contributed by atoms with E-state index in [1.54, 1.807) is 0 Å².